The Kier molecular flexibility index (Phi) is 11.4. The third-order valence-electron chi connectivity index (χ3n) is 5.74. The molecule has 0 unspecified atom stereocenters. The summed E-state index contributed by atoms with van der Waals surface area (Å²) in [4.78, 5) is 15.2. The molecule has 0 bridgehead atoms. The quantitative estimate of drug-likeness (QED) is 0.156. The Morgan fingerprint density at radius 3 is 2.47 bits per heavy atom. The molecule has 1 aliphatic rings. The summed E-state index contributed by atoms with van der Waals surface area (Å²) in [6.07, 6.45) is 14.3. The predicted octanol–water partition coefficient (Wildman–Crippen LogP) is 3.41. The highest BCUT2D eigenvalue weighted by Crippen LogP contribution is 2.24. The molecule has 9 nitrogen and oxygen atoms in total. The van der Waals surface area contributed by atoms with Gasteiger partial charge in [0.1, 0.15) is 0 Å². The first-order chi connectivity index (χ1) is 15.5. The summed E-state index contributed by atoms with van der Waals surface area (Å²) in [5, 5.41) is 8.82. The highest BCUT2D eigenvalue weighted by Gasteiger charge is 2.23. The minimum absolute atomic E-state index is 0.0378. The van der Waals surface area contributed by atoms with E-state index in [1.54, 1.807) is 30.4 Å². The lowest BCUT2D eigenvalue weighted by molar-refractivity contribution is -0.103. The van der Waals surface area contributed by atoms with Crippen LogP contribution in [0.25, 0.3) is 0 Å². The Bertz CT molecular complexity index is 835. The minimum atomic E-state index is -3.39. The molecule has 1 fully saturated rings. The molecule has 2 rings (SSSR count). The number of nitrogens with zero attached hydrogens (tertiary/aromatic N) is 5. The van der Waals surface area contributed by atoms with Crippen LogP contribution in [-0.2, 0) is 14.9 Å². The van der Waals surface area contributed by atoms with Gasteiger partial charge >= 0.3 is 0 Å². The molecular formula is C22H36N6O3S. The number of aliphatic imine (C=N–C) groups is 1. The number of guanidine groups is 1. The van der Waals surface area contributed by atoms with Crippen LogP contribution in [-0.4, -0.2) is 49.3 Å². The average Bonchev–Trinajstić information content (AvgIpc) is 2.81. The number of nitrogens with two attached hydrogens (primary N) is 1. The fourth-order valence-electron chi connectivity index (χ4n) is 3.85. The van der Waals surface area contributed by atoms with E-state index in [4.69, 9.17) is 15.8 Å². The summed E-state index contributed by atoms with van der Waals surface area (Å²) in [5.74, 6) is 0.642. The highest BCUT2D eigenvalue weighted by atomic mass is 32.2. The summed E-state index contributed by atoms with van der Waals surface area (Å²) in [5.41, 5.74) is 6.77. The van der Waals surface area contributed by atoms with E-state index in [1.165, 1.54) is 23.7 Å². The Morgan fingerprint density at radius 1 is 1.19 bits per heavy atom. The molecule has 0 saturated heterocycles. The normalized spacial score (nSPS) is 15.6. The molecule has 0 atom stereocenters. The van der Waals surface area contributed by atoms with Crippen molar-refractivity contribution < 1.29 is 13.3 Å². The first kappa shape index (κ1) is 26.0. The number of nitriles is 1. The largest absolute Gasteiger partial charge is 0.369 e. The second-order valence-electron chi connectivity index (χ2n) is 8.07. The van der Waals surface area contributed by atoms with Crippen molar-refractivity contribution in [3.05, 3.63) is 24.5 Å². The van der Waals surface area contributed by atoms with E-state index < -0.39 is 10.0 Å². The number of hydrogen-bond acceptors (Lipinski definition) is 6. The van der Waals surface area contributed by atoms with E-state index in [-0.39, 0.29) is 11.7 Å². The van der Waals surface area contributed by atoms with Crippen molar-refractivity contribution in [2.45, 2.75) is 64.7 Å². The van der Waals surface area contributed by atoms with Crippen molar-refractivity contribution in [2.24, 2.45) is 16.6 Å². The fourth-order valence-corrected chi connectivity index (χ4v) is 4.76. The van der Waals surface area contributed by atoms with Gasteiger partial charge in [-0.1, -0.05) is 36.6 Å². The van der Waals surface area contributed by atoms with E-state index in [0.29, 0.717) is 25.6 Å². The number of pyridine rings is 1. The van der Waals surface area contributed by atoms with Gasteiger partial charge in [-0.25, -0.2) is 8.42 Å². The average molecular weight is 465 g/mol. The topological polar surface area (TPSA) is 125 Å². The number of hydrogen-bond donors (Lipinski definition) is 1. The van der Waals surface area contributed by atoms with Crippen molar-refractivity contribution in [1.29, 1.82) is 5.26 Å². The SMILES string of the molecule is CCS(=O)(=O)N(CCCCCCN(C(N)=NC#N)c1ccncc1)OCC1CCCCC1. The van der Waals surface area contributed by atoms with Gasteiger partial charge in [0.25, 0.3) is 0 Å². The lowest BCUT2D eigenvalue weighted by Crippen LogP contribution is -2.38. The smallest absolute Gasteiger partial charge is 0.235 e. The number of aromatic nitrogens is 1. The summed E-state index contributed by atoms with van der Waals surface area (Å²) >= 11 is 0. The Balaban J connectivity index is 1.78. The standard InChI is InChI=1S/C22H36N6O3S/c1-2-32(29,30)28(31-18-20-10-6-5-7-11-20)17-9-4-3-8-16-27(22(24)26-19-23)21-12-14-25-15-13-21/h12-15,20H,2-11,16-18H2,1H3,(H2,24,26). The van der Waals surface area contributed by atoms with Crippen LogP contribution in [0, 0.1) is 17.4 Å². The molecule has 10 heteroatoms. The Hall–Kier alpha value is -2.22. The second-order valence-corrected chi connectivity index (χ2v) is 10.2. The zero-order chi connectivity index (χ0) is 23.2. The molecule has 2 N–H and O–H groups in total. The van der Waals surface area contributed by atoms with Gasteiger partial charge in [0.15, 0.2) is 0 Å². The molecular weight excluding hydrogens is 428 g/mol. The first-order valence-electron chi connectivity index (χ1n) is 11.5. The molecule has 0 radical (unpaired) electrons. The number of rotatable bonds is 13. The zero-order valence-corrected chi connectivity index (χ0v) is 19.8. The maximum absolute atomic E-state index is 12.4. The van der Waals surface area contributed by atoms with Crippen LogP contribution < -0.4 is 10.6 Å². The molecule has 0 aromatic carbocycles. The molecule has 1 aromatic heterocycles. The van der Waals surface area contributed by atoms with Gasteiger partial charge in [0, 0.05) is 31.2 Å². The van der Waals surface area contributed by atoms with Gasteiger partial charge in [0.05, 0.1) is 12.4 Å². The van der Waals surface area contributed by atoms with E-state index >= 15 is 0 Å². The van der Waals surface area contributed by atoms with E-state index in [2.05, 4.69) is 9.98 Å². The van der Waals surface area contributed by atoms with Gasteiger partial charge < -0.3 is 10.6 Å². The van der Waals surface area contributed by atoms with Crippen LogP contribution in [0.15, 0.2) is 29.5 Å². The second kappa shape index (κ2) is 14.0. The molecule has 0 aliphatic heterocycles. The third-order valence-corrected chi connectivity index (χ3v) is 7.38. The van der Waals surface area contributed by atoms with E-state index in [1.807, 2.05) is 12.1 Å². The molecule has 32 heavy (non-hydrogen) atoms. The van der Waals surface area contributed by atoms with Crippen LogP contribution in [0.2, 0.25) is 0 Å². The van der Waals surface area contributed by atoms with Gasteiger partial charge in [0.2, 0.25) is 22.2 Å². The highest BCUT2D eigenvalue weighted by molar-refractivity contribution is 7.88. The minimum Gasteiger partial charge on any atom is -0.369 e. The van der Waals surface area contributed by atoms with Crippen LogP contribution in [0.3, 0.4) is 0 Å². The van der Waals surface area contributed by atoms with Crippen molar-refractivity contribution >= 4 is 21.7 Å². The molecule has 0 spiro atoms. The molecule has 0 amide bonds. The third kappa shape index (κ3) is 8.73. The zero-order valence-electron chi connectivity index (χ0n) is 19.0. The summed E-state index contributed by atoms with van der Waals surface area (Å²) in [6.45, 7) is 3.11. The van der Waals surface area contributed by atoms with Gasteiger partial charge in [-0.05, 0) is 50.7 Å². The van der Waals surface area contributed by atoms with Gasteiger partial charge in [-0.15, -0.1) is 4.99 Å². The predicted molar refractivity (Wildman–Crippen MR) is 126 cm³/mol. The van der Waals surface area contributed by atoms with E-state index in [0.717, 1.165) is 44.2 Å². The van der Waals surface area contributed by atoms with Crippen LogP contribution in [0.5, 0.6) is 0 Å². The number of sulfonamides is 1. The fraction of sp³-hybridized carbons (Fsp3) is 0.682. The first-order valence-corrected chi connectivity index (χ1v) is 13.1. The summed E-state index contributed by atoms with van der Waals surface area (Å²) < 4.78 is 26.0. The maximum atomic E-state index is 12.4. The summed E-state index contributed by atoms with van der Waals surface area (Å²) in [6, 6.07) is 3.63. The number of anilines is 1. The molecule has 178 valence electrons. The molecule has 1 aromatic rings. The lowest BCUT2D eigenvalue weighted by atomic mass is 9.90. The van der Waals surface area contributed by atoms with Crippen LogP contribution in [0.4, 0.5) is 5.69 Å². The van der Waals surface area contributed by atoms with E-state index in [9.17, 15) is 8.42 Å². The Labute approximate surface area is 192 Å². The van der Waals surface area contributed by atoms with Crippen LogP contribution >= 0.6 is 0 Å². The summed E-state index contributed by atoms with van der Waals surface area (Å²) in [7, 11) is -3.39. The van der Waals surface area contributed by atoms with Crippen molar-refractivity contribution in [3.8, 4) is 6.19 Å². The van der Waals surface area contributed by atoms with Crippen molar-refractivity contribution in [1.82, 2.24) is 9.45 Å². The monoisotopic (exact) mass is 464 g/mol. The molecule has 1 aliphatic carbocycles. The van der Waals surface area contributed by atoms with Crippen molar-refractivity contribution in [3.63, 3.8) is 0 Å². The lowest BCUT2D eigenvalue weighted by Gasteiger charge is -2.26. The number of unbranched alkanes of at least 4 members (excludes halogenated alkanes) is 3. The molecule has 1 heterocycles. The number of hydroxylamine groups is 1. The van der Waals surface area contributed by atoms with Gasteiger partial charge in [-0.3, -0.25) is 9.82 Å². The van der Waals surface area contributed by atoms with Crippen LogP contribution in [0.1, 0.15) is 64.7 Å². The maximum Gasteiger partial charge on any atom is 0.235 e. The van der Waals surface area contributed by atoms with Gasteiger partial charge in [-0.2, -0.15) is 5.26 Å². The Morgan fingerprint density at radius 2 is 1.84 bits per heavy atom. The van der Waals surface area contributed by atoms with Crippen molar-refractivity contribution in [2.75, 3.05) is 30.3 Å². The molecule has 1 saturated carbocycles.